The van der Waals surface area contributed by atoms with E-state index in [1.54, 1.807) is 40.8 Å². The molecule has 0 fully saturated rings. The summed E-state index contributed by atoms with van der Waals surface area (Å²) in [4.78, 5) is 29.3. The van der Waals surface area contributed by atoms with Gasteiger partial charge in [-0.3, -0.25) is 9.36 Å². The molecule has 0 bridgehead atoms. The first-order valence-corrected chi connectivity index (χ1v) is 8.69. The molecule has 1 aromatic carbocycles. The molecule has 2 aromatic heterocycles. The van der Waals surface area contributed by atoms with Gasteiger partial charge in [-0.1, -0.05) is 18.2 Å². The van der Waals surface area contributed by atoms with Crippen LogP contribution in [-0.4, -0.2) is 31.2 Å². The highest BCUT2D eigenvalue weighted by molar-refractivity contribution is 5.92. The largest absolute Gasteiger partial charge is 0.443 e. The number of hydrogen-bond donors (Lipinski definition) is 1. The molecule has 0 aliphatic heterocycles. The van der Waals surface area contributed by atoms with Crippen LogP contribution in [0.2, 0.25) is 0 Å². The van der Waals surface area contributed by atoms with Gasteiger partial charge < -0.3 is 9.94 Å². The molecule has 0 radical (unpaired) electrons. The molecule has 1 N–H and O–H groups in total. The van der Waals surface area contributed by atoms with Crippen molar-refractivity contribution in [1.29, 1.82) is 0 Å². The van der Waals surface area contributed by atoms with Crippen LogP contribution in [0.3, 0.4) is 0 Å². The monoisotopic (exact) mass is 369 g/mol. The van der Waals surface area contributed by atoms with Crippen molar-refractivity contribution in [1.82, 2.24) is 14.3 Å². The van der Waals surface area contributed by atoms with Crippen LogP contribution in [0.1, 0.15) is 43.4 Å². The fraction of sp³-hybridized carbons (Fsp3) is 0.350. The number of nitrogens with zero attached hydrogens (tertiary/aromatic N) is 3. The molecule has 2 heterocycles. The maximum absolute atomic E-state index is 12.6. The van der Waals surface area contributed by atoms with Crippen LogP contribution in [-0.2, 0) is 11.2 Å². The van der Waals surface area contributed by atoms with Crippen molar-refractivity contribution in [2.24, 2.45) is 0 Å². The Morgan fingerprint density at radius 1 is 1.22 bits per heavy atom. The molecule has 27 heavy (non-hydrogen) atoms. The third-order valence-electron chi connectivity index (χ3n) is 4.33. The summed E-state index contributed by atoms with van der Waals surface area (Å²) in [5.74, 6) is 0. The zero-order chi connectivity index (χ0) is 19.9. The lowest BCUT2D eigenvalue weighted by molar-refractivity contribution is 0.0544. The minimum absolute atomic E-state index is 0.191. The van der Waals surface area contributed by atoms with E-state index in [4.69, 9.17) is 4.74 Å². The van der Waals surface area contributed by atoms with Gasteiger partial charge in [0.1, 0.15) is 11.3 Å². The lowest BCUT2D eigenvalue weighted by atomic mass is 10.1. The molecule has 0 atom stereocenters. The van der Waals surface area contributed by atoms with Gasteiger partial charge in [0.15, 0.2) is 0 Å². The number of carbonyl (C=O) groups is 1. The van der Waals surface area contributed by atoms with Gasteiger partial charge in [0.25, 0.3) is 0 Å². The first-order valence-electron chi connectivity index (χ1n) is 8.69. The van der Waals surface area contributed by atoms with Crippen LogP contribution >= 0.6 is 0 Å². The maximum Gasteiger partial charge on any atom is 0.419 e. The molecule has 0 unspecified atom stereocenters. The van der Waals surface area contributed by atoms with Gasteiger partial charge in [0, 0.05) is 18.0 Å². The number of para-hydroxylation sites is 1. The molecular formula is C20H23N3O4. The molecule has 3 aromatic rings. The molecule has 0 saturated heterocycles. The molecule has 142 valence electrons. The molecule has 7 nitrogen and oxygen atoms in total. The van der Waals surface area contributed by atoms with E-state index in [0.29, 0.717) is 21.6 Å². The Balaban J connectivity index is 2.09. The lowest BCUT2D eigenvalue weighted by Crippen LogP contribution is -2.27. The van der Waals surface area contributed by atoms with E-state index in [0.717, 1.165) is 10.9 Å². The Morgan fingerprint density at radius 3 is 2.56 bits per heavy atom. The number of carbonyl (C=O) groups excluding carboxylic acids is 1. The Kier molecular flexibility index (Phi) is 4.55. The maximum atomic E-state index is 12.6. The number of aromatic nitrogens is 3. The number of benzene rings is 1. The van der Waals surface area contributed by atoms with Gasteiger partial charge >= 0.3 is 11.7 Å². The second kappa shape index (κ2) is 6.57. The van der Waals surface area contributed by atoms with E-state index in [2.05, 4.69) is 4.98 Å². The standard InChI is InChI=1S/C20H23N3O4/c1-12-13(2)23(26)18(24)16(21-12)10-14-11-22(19(25)27-20(3,4)5)17-9-7-6-8-15(14)17/h6-9,11,26H,10H2,1-5H3. The van der Waals surface area contributed by atoms with Crippen LogP contribution in [0.4, 0.5) is 4.79 Å². The first kappa shape index (κ1) is 18.7. The van der Waals surface area contributed by atoms with Crippen molar-refractivity contribution in [3.05, 3.63) is 63.5 Å². The summed E-state index contributed by atoms with van der Waals surface area (Å²) in [5, 5.41) is 10.8. The summed E-state index contributed by atoms with van der Waals surface area (Å²) in [6, 6.07) is 7.40. The van der Waals surface area contributed by atoms with Crippen LogP contribution < -0.4 is 5.56 Å². The second-order valence-electron chi connectivity index (χ2n) is 7.54. The van der Waals surface area contributed by atoms with Crippen LogP contribution in [0, 0.1) is 13.8 Å². The Labute approximate surface area is 156 Å². The van der Waals surface area contributed by atoms with Crippen LogP contribution in [0.15, 0.2) is 35.3 Å². The Bertz CT molecular complexity index is 1090. The van der Waals surface area contributed by atoms with E-state index >= 15 is 0 Å². The smallest absolute Gasteiger partial charge is 0.419 e. The van der Waals surface area contributed by atoms with E-state index in [-0.39, 0.29) is 12.1 Å². The average Bonchev–Trinajstić information content (AvgIpc) is 2.95. The minimum Gasteiger partial charge on any atom is -0.443 e. The average molecular weight is 369 g/mol. The zero-order valence-corrected chi connectivity index (χ0v) is 16.1. The second-order valence-corrected chi connectivity index (χ2v) is 7.54. The van der Waals surface area contributed by atoms with Gasteiger partial charge in [0.2, 0.25) is 0 Å². The molecular weight excluding hydrogens is 346 g/mol. The highest BCUT2D eigenvalue weighted by atomic mass is 16.6. The van der Waals surface area contributed by atoms with E-state index in [9.17, 15) is 14.8 Å². The summed E-state index contributed by atoms with van der Waals surface area (Å²) in [7, 11) is 0. The summed E-state index contributed by atoms with van der Waals surface area (Å²) < 4.78 is 7.53. The number of rotatable bonds is 2. The summed E-state index contributed by atoms with van der Waals surface area (Å²) in [6.07, 6.45) is 1.37. The molecule has 0 aliphatic rings. The Hall–Kier alpha value is -3.09. The first-order chi connectivity index (χ1) is 12.6. The molecule has 0 saturated carbocycles. The van der Waals surface area contributed by atoms with Crippen molar-refractivity contribution >= 4 is 17.0 Å². The zero-order valence-electron chi connectivity index (χ0n) is 16.1. The van der Waals surface area contributed by atoms with Gasteiger partial charge in [-0.25, -0.2) is 9.78 Å². The van der Waals surface area contributed by atoms with Gasteiger partial charge in [0.05, 0.1) is 16.9 Å². The SMILES string of the molecule is Cc1nc(Cc2cn(C(=O)OC(C)(C)C)c3ccccc23)c(=O)n(O)c1C. The normalized spacial score (nSPS) is 11.7. The Morgan fingerprint density at radius 2 is 1.89 bits per heavy atom. The molecule has 0 amide bonds. The fourth-order valence-corrected chi connectivity index (χ4v) is 2.91. The summed E-state index contributed by atoms with van der Waals surface area (Å²) >= 11 is 0. The minimum atomic E-state index is -0.622. The van der Waals surface area contributed by atoms with Crippen molar-refractivity contribution in [3.63, 3.8) is 0 Å². The number of ether oxygens (including phenoxy) is 1. The molecule has 0 spiro atoms. The highest BCUT2D eigenvalue weighted by Gasteiger charge is 2.21. The molecule has 0 aliphatic carbocycles. The van der Waals surface area contributed by atoms with Crippen molar-refractivity contribution in [2.45, 2.75) is 46.6 Å². The number of hydrogen-bond acceptors (Lipinski definition) is 5. The third kappa shape index (κ3) is 3.58. The fourth-order valence-electron chi connectivity index (χ4n) is 2.91. The van der Waals surface area contributed by atoms with Crippen LogP contribution in [0.5, 0.6) is 0 Å². The van der Waals surface area contributed by atoms with Crippen molar-refractivity contribution in [3.8, 4) is 0 Å². The van der Waals surface area contributed by atoms with E-state index < -0.39 is 17.3 Å². The van der Waals surface area contributed by atoms with Gasteiger partial charge in [-0.15, -0.1) is 4.73 Å². The van der Waals surface area contributed by atoms with E-state index in [1.807, 2.05) is 24.3 Å². The topological polar surface area (TPSA) is 86.4 Å². The van der Waals surface area contributed by atoms with Gasteiger partial charge in [-0.2, -0.15) is 0 Å². The van der Waals surface area contributed by atoms with E-state index in [1.165, 1.54) is 4.57 Å². The van der Waals surface area contributed by atoms with Crippen LogP contribution in [0.25, 0.3) is 10.9 Å². The summed E-state index contributed by atoms with van der Waals surface area (Å²) in [5.41, 5.74) is 1.45. The summed E-state index contributed by atoms with van der Waals surface area (Å²) in [6.45, 7) is 8.78. The quantitative estimate of drug-likeness (QED) is 0.700. The predicted octanol–water partition coefficient (Wildman–Crippen LogP) is 3.43. The van der Waals surface area contributed by atoms with Crippen molar-refractivity contribution in [2.75, 3.05) is 0 Å². The number of fused-ring (bicyclic) bond motifs is 1. The van der Waals surface area contributed by atoms with Crippen molar-refractivity contribution < 1.29 is 14.7 Å². The highest BCUT2D eigenvalue weighted by Crippen LogP contribution is 2.24. The lowest BCUT2D eigenvalue weighted by Gasteiger charge is -2.19. The third-order valence-corrected chi connectivity index (χ3v) is 4.33. The predicted molar refractivity (Wildman–Crippen MR) is 102 cm³/mol. The number of aryl methyl sites for hydroxylation is 1. The molecule has 3 rings (SSSR count). The van der Waals surface area contributed by atoms with Gasteiger partial charge in [-0.05, 0) is 46.2 Å². The molecule has 7 heteroatoms.